The Morgan fingerprint density at radius 2 is 1.94 bits per heavy atom. The minimum Gasteiger partial charge on any atom is -0.394 e. The van der Waals surface area contributed by atoms with Crippen molar-refractivity contribution in [3.05, 3.63) is 35.4 Å². The van der Waals surface area contributed by atoms with Crippen LogP contribution in [0.15, 0.2) is 24.3 Å². The summed E-state index contributed by atoms with van der Waals surface area (Å²) in [7, 11) is 0. The number of aliphatic hydroxyl groups excluding tert-OH is 1. The Morgan fingerprint density at radius 3 is 2.61 bits per heavy atom. The van der Waals surface area contributed by atoms with Gasteiger partial charge in [0.15, 0.2) is 5.79 Å². The number of aliphatic hydroxyl groups is 1. The predicted octanol–water partition coefficient (Wildman–Crippen LogP) is 2.71. The van der Waals surface area contributed by atoms with Crippen LogP contribution in [0.25, 0.3) is 0 Å². The van der Waals surface area contributed by atoms with Crippen molar-refractivity contribution >= 4 is 0 Å². The maximum atomic E-state index is 9.53. The van der Waals surface area contributed by atoms with Gasteiger partial charge in [-0.05, 0) is 30.9 Å². The summed E-state index contributed by atoms with van der Waals surface area (Å²) in [6.45, 7) is 2.09. The SMILES string of the molecule is Cc1ccccc1C1OC2(CCCC2)OC1CO. The first-order valence-corrected chi connectivity index (χ1v) is 6.76. The number of hydrogen-bond donors (Lipinski definition) is 1. The zero-order valence-electron chi connectivity index (χ0n) is 10.8. The third-order valence-corrected chi connectivity index (χ3v) is 4.09. The van der Waals surface area contributed by atoms with Gasteiger partial charge < -0.3 is 14.6 Å². The van der Waals surface area contributed by atoms with Crippen molar-refractivity contribution in [1.29, 1.82) is 0 Å². The van der Waals surface area contributed by atoms with E-state index in [9.17, 15) is 5.11 Å². The van der Waals surface area contributed by atoms with Crippen molar-refractivity contribution in [2.75, 3.05) is 6.61 Å². The maximum Gasteiger partial charge on any atom is 0.169 e. The van der Waals surface area contributed by atoms with Crippen molar-refractivity contribution < 1.29 is 14.6 Å². The van der Waals surface area contributed by atoms with Crippen LogP contribution >= 0.6 is 0 Å². The molecule has 3 rings (SSSR count). The Kier molecular flexibility index (Phi) is 3.14. The molecule has 2 aliphatic rings. The van der Waals surface area contributed by atoms with Crippen molar-refractivity contribution in [2.45, 2.75) is 50.6 Å². The molecule has 0 radical (unpaired) electrons. The number of aryl methyl sites for hydroxylation is 1. The first-order valence-electron chi connectivity index (χ1n) is 6.76. The summed E-state index contributed by atoms with van der Waals surface area (Å²) in [4.78, 5) is 0. The second-order valence-corrected chi connectivity index (χ2v) is 5.35. The minimum atomic E-state index is -0.430. The van der Waals surface area contributed by atoms with E-state index < -0.39 is 5.79 Å². The van der Waals surface area contributed by atoms with E-state index in [1.807, 2.05) is 12.1 Å². The molecule has 0 aromatic heterocycles. The van der Waals surface area contributed by atoms with E-state index in [0.717, 1.165) is 31.2 Å². The number of rotatable bonds is 2. The molecule has 3 heteroatoms. The van der Waals surface area contributed by atoms with Crippen LogP contribution in [0, 0.1) is 6.92 Å². The fourth-order valence-electron chi connectivity index (χ4n) is 3.12. The summed E-state index contributed by atoms with van der Waals surface area (Å²) in [5, 5.41) is 9.53. The Hall–Kier alpha value is -0.900. The summed E-state index contributed by atoms with van der Waals surface area (Å²) in [6.07, 6.45) is 3.84. The van der Waals surface area contributed by atoms with Gasteiger partial charge in [0, 0.05) is 12.8 Å². The molecule has 1 spiro atoms. The minimum absolute atomic E-state index is 0.0146. The largest absolute Gasteiger partial charge is 0.394 e. The second kappa shape index (κ2) is 4.65. The zero-order chi connectivity index (χ0) is 12.6. The lowest BCUT2D eigenvalue weighted by Crippen LogP contribution is -2.27. The monoisotopic (exact) mass is 248 g/mol. The Morgan fingerprint density at radius 1 is 1.22 bits per heavy atom. The molecule has 0 amide bonds. The summed E-state index contributed by atoms with van der Waals surface area (Å²) in [6, 6.07) is 8.18. The predicted molar refractivity (Wildman–Crippen MR) is 68.2 cm³/mol. The average Bonchev–Trinajstić information content (AvgIpc) is 2.98. The summed E-state index contributed by atoms with van der Waals surface area (Å²) in [5.41, 5.74) is 2.33. The van der Waals surface area contributed by atoms with Gasteiger partial charge in [-0.3, -0.25) is 0 Å². The van der Waals surface area contributed by atoms with E-state index in [4.69, 9.17) is 9.47 Å². The van der Waals surface area contributed by atoms with E-state index >= 15 is 0 Å². The molecule has 1 aliphatic heterocycles. The van der Waals surface area contributed by atoms with E-state index in [1.54, 1.807) is 0 Å². The topological polar surface area (TPSA) is 38.7 Å². The number of hydrogen-bond acceptors (Lipinski definition) is 3. The maximum absolute atomic E-state index is 9.53. The van der Waals surface area contributed by atoms with Gasteiger partial charge in [0.25, 0.3) is 0 Å². The smallest absolute Gasteiger partial charge is 0.169 e. The van der Waals surface area contributed by atoms with Crippen LogP contribution in [0.2, 0.25) is 0 Å². The van der Waals surface area contributed by atoms with E-state index in [2.05, 4.69) is 19.1 Å². The van der Waals surface area contributed by atoms with Gasteiger partial charge in [-0.15, -0.1) is 0 Å². The third-order valence-electron chi connectivity index (χ3n) is 4.09. The number of benzene rings is 1. The highest BCUT2D eigenvalue weighted by Crippen LogP contribution is 2.47. The molecule has 0 bridgehead atoms. The molecule has 1 saturated carbocycles. The van der Waals surface area contributed by atoms with Gasteiger partial charge in [-0.25, -0.2) is 0 Å². The highest BCUT2D eigenvalue weighted by Gasteiger charge is 2.49. The Labute approximate surface area is 108 Å². The summed E-state index contributed by atoms with van der Waals surface area (Å²) >= 11 is 0. The molecule has 2 unspecified atom stereocenters. The lowest BCUT2D eigenvalue weighted by molar-refractivity contribution is -0.172. The molecule has 98 valence electrons. The number of ether oxygens (including phenoxy) is 2. The fraction of sp³-hybridized carbons (Fsp3) is 0.600. The standard InChI is InChI=1S/C15H20O3/c1-11-6-2-3-7-12(11)14-13(10-16)17-15(18-14)8-4-5-9-15/h2-3,6-7,13-14,16H,4-5,8-10H2,1H3. The van der Waals surface area contributed by atoms with Gasteiger partial charge in [0.2, 0.25) is 0 Å². The van der Waals surface area contributed by atoms with E-state index in [-0.39, 0.29) is 18.8 Å². The highest BCUT2D eigenvalue weighted by molar-refractivity contribution is 5.29. The first kappa shape index (κ1) is 12.2. The van der Waals surface area contributed by atoms with E-state index in [1.165, 1.54) is 5.56 Å². The average molecular weight is 248 g/mol. The van der Waals surface area contributed by atoms with Gasteiger partial charge in [0.1, 0.15) is 12.2 Å². The van der Waals surface area contributed by atoms with Crippen molar-refractivity contribution in [1.82, 2.24) is 0 Å². The third kappa shape index (κ3) is 1.96. The quantitative estimate of drug-likeness (QED) is 0.874. The van der Waals surface area contributed by atoms with Crippen LogP contribution in [0.3, 0.4) is 0 Å². The molecule has 1 N–H and O–H groups in total. The van der Waals surface area contributed by atoms with Crippen LogP contribution in [-0.2, 0) is 9.47 Å². The lowest BCUT2D eigenvalue weighted by atomic mass is 10.00. The zero-order valence-corrected chi connectivity index (χ0v) is 10.8. The van der Waals surface area contributed by atoms with Crippen LogP contribution in [0.4, 0.5) is 0 Å². The van der Waals surface area contributed by atoms with Crippen LogP contribution < -0.4 is 0 Å². The molecule has 1 aliphatic carbocycles. The molecule has 18 heavy (non-hydrogen) atoms. The first-order chi connectivity index (χ1) is 8.74. The van der Waals surface area contributed by atoms with E-state index in [0.29, 0.717) is 0 Å². The van der Waals surface area contributed by atoms with Gasteiger partial charge in [-0.2, -0.15) is 0 Å². The van der Waals surface area contributed by atoms with Gasteiger partial charge >= 0.3 is 0 Å². The molecule has 1 aromatic carbocycles. The van der Waals surface area contributed by atoms with Crippen molar-refractivity contribution in [2.24, 2.45) is 0 Å². The highest BCUT2D eigenvalue weighted by atomic mass is 16.8. The molecule has 1 saturated heterocycles. The Balaban J connectivity index is 1.89. The van der Waals surface area contributed by atoms with Crippen LogP contribution in [0.1, 0.15) is 42.9 Å². The Bertz CT molecular complexity index is 424. The lowest BCUT2D eigenvalue weighted by Gasteiger charge is -2.22. The van der Waals surface area contributed by atoms with Gasteiger partial charge in [-0.1, -0.05) is 24.3 Å². The normalized spacial score (nSPS) is 30.1. The van der Waals surface area contributed by atoms with Crippen molar-refractivity contribution in [3.63, 3.8) is 0 Å². The molecule has 1 aromatic rings. The molecule has 3 nitrogen and oxygen atoms in total. The summed E-state index contributed by atoms with van der Waals surface area (Å²) in [5.74, 6) is -0.430. The fourth-order valence-corrected chi connectivity index (χ4v) is 3.12. The molecule has 1 heterocycles. The molecule has 2 fully saturated rings. The second-order valence-electron chi connectivity index (χ2n) is 5.35. The van der Waals surface area contributed by atoms with Crippen LogP contribution in [-0.4, -0.2) is 23.6 Å². The molecule has 2 atom stereocenters. The summed E-state index contributed by atoms with van der Waals surface area (Å²) < 4.78 is 12.2. The molecular formula is C15H20O3. The van der Waals surface area contributed by atoms with Crippen LogP contribution in [0.5, 0.6) is 0 Å². The molecular weight excluding hydrogens is 228 g/mol. The van der Waals surface area contributed by atoms with Crippen molar-refractivity contribution in [3.8, 4) is 0 Å². The van der Waals surface area contributed by atoms with Gasteiger partial charge in [0.05, 0.1) is 6.61 Å².